The maximum Gasteiger partial charge on any atom is 0.133 e. The molecule has 23 heavy (non-hydrogen) atoms. The van der Waals surface area contributed by atoms with Gasteiger partial charge in [0.1, 0.15) is 11.6 Å². The molecular formula is C17H29N5O. The van der Waals surface area contributed by atoms with E-state index in [2.05, 4.69) is 20.5 Å². The van der Waals surface area contributed by atoms with Crippen LogP contribution in [0.25, 0.3) is 0 Å². The summed E-state index contributed by atoms with van der Waals surface area (Å²) in [7, 11) is 1.73. The molecule has 0 aliphatic carbocycles. The van der Waals surface area contributed by atoms with Crippen molar-refractivity contribution in [1.29, 1.82) is 0 Å². The lowest BCUT2D eigenvalue weighted by molar-refractivity contribution is 0.173. The van der Waals surface area contributed by atoms with Gasteiger partial charge in [-0.2, -0.15) is 0 Å². The molecule has 3 rings (SSSR count). The van der Waals surface area contributed by atoms with E-state index in [1.165, 1.54) is 30.6 Å². The zero-order chi connectivity index (χ0) is 16.1. The number of ether oxygens (including phenoxy) is 1. The summed E-state index contributed by atoms with van der Waals surface area (Å²) in [6, 6.07) is 0.678. The number of aromatic nitrogens is 2. The molecule has 3 heterocycles. The molecule has 1 saturated heterocycles. The van der Waals surface area contributed by atoms with Gasteiger partial charge in [-0.05, 0) is 32.7 Å². The molecule has 0 spiro atoms. The van der Waals surface area contributed by atoms with Crippen molar-refractivity contribution in [3.05, 3.63) is 17.1 Å². The van der Waals surface area contributed by atoms with Gasteiger partial charge < -0.3 is 15.4 Å². The number of anilines is 1. The summed E-state index contributed by atoms with van der Waals surface area (Å²) in [6.45, 7) is 7.96. The average Bonchev–Trinajstić information content (AvgIpc) is 2.78. The molecule has 1 fully saturated rings. The highest BCUT2D eigenvalue weighted by atomic mass is 16.5. The molecule has 1 aromatic heterocycles. The summed E-state index contributed by atoms with van der Waals surface area (Å²) in [4.78, 5) is 12.0. The zero-order valence-corrected chi connectivity index (χ0v) is 14.4. The van der Waals surface area contributed by atoms with Gasteiger partial charge in [-0.3, -0.25) is 4.90 Å². The van der Waals surface area contributed by atoms with E-state index in [0.29, 0.717) is 12.6 Å². The van der Waals surface area contributed by atoms with Gasteiger partial charge in [0, 0.05) is 51.3 Å². The number of hydrogen-bond donors (Lipinski definition) is 2. The van der Waals surface area contributed by atoms with Crippen molar-refractivity contribution >= 4 is 5.82 Å². The van der Waals surface area contributed by atoms with Crippen molar-refractivity contribution in [2.24, 2.45) is 0 Å². The fourth-order valence-electron chi connectivity index (χ4n) is 3.67. The summed E-state index contributed by atoms with van der Waals surface area (Å²) in [5.41, 5.74) is 2.53. The summed E-state index contributed by atoms with van der Waals surface area (Å²) < 4.78 is 5.14. The normalized spacial score (nSPS) is 22.4. The number of methoxy groups -OCH3 is 1. The van der Waals surface area contributed by atoms with Crippen LogP contribution in [0.15, 0.2) is 0 Å². The Morgan fingerprint density at radius 3 is 2.96 bits per heavy atom. The zero-order valence-electron chi connectivity index (χ0n) is 14.4. The van der Waals surface area contributed by atoms with Gasteiger partial charge in [-0.15, -0.1) is 0 Å². The first-order valence-electron chi connectivity index (χ1n) is 8.82. The van der Waals surface area contributed by atoms with Crippen LogP contribution in [0.4, 0.5) is 5.82 Å². The van der Waals surface area contributed by atoms with Crippen LogP contribution in [-0.4, -0.2) is 67.4 Å². The number of nitrogens with zero attached hydrogens (tertiary/aromatic N) is 3. The third kappa shape index (κ3) is 4.19. The van der Waals surface area contributed by atoms with Crippen molar-refractivity contribution < 1.29 is 4.74 Å². The number of piperidine rings is 1. The van der Waals surface area contributed by atoms with Gasteiger partial charge >= 0.3 is 0 Å². The number of nitrogens with one attached hydrogen (secondary N) is 2. The van der Waals surface area contributed by atoms with Crippen LogP contribution in [0.5, 0.6) is 0 Å². The van der Waals surface area contributed by atoms with E-state index in [0.717, 1.165) is 50.7 Å². The van der Waals surface area contributed by atoms with E-state index >= 15 is 0 Å². The van der Waals surface area contributed by atoms with E-state index in [9.17, 15) is 0 Å². The van der Waals surface area contributed by atoms with Crippen molar-refractivity contribution in [2.45, 2.75) is 38.6 Å². The second-order valence-electron chi connectivity index (χ2n) is 6.50. The molecule has 2 aliphatic rings. The summed E-state index contributed by atoms with van der Waals surface area (Å²) >= 11 is 0. The lowest BCUT2D eigenvalue weighted by Gasteiger charge is -2.33. The molecule has 6 nitrogen and oxygen atoms in total. The Balaban J connectivity index is 1.71. The SMILES string of the molecule is COCCNc1nc(C)nc2c1CCN(C1CCCNC1)CC2. The van der Waals surface area contributed by atoms with Gasteiger partial charge in [-0.1, -0.05) is 0 Å². The third-order valence-electron chi connectivity index (χ3n) is 4.88. The predicted octanol–water partition coefficient (Wildman–Crippen LogP) is 0.996. The molecule has 0 aromatic carbocycles. The molecule has 1 unspecified atom stereocenters. The maximum absolute atomic E-state index is 5.14. The van der Waals surface area contributed by atoms with Crippen molar-refractivity contribution in [3.8, 4) is 0 Å². The highest BCUT2D eigenvalue weighted by molar-refractivity contribution is 5.47. The van der Waals surface area contributed by atoms with Crippen LogP contribution < -0.4 is 10.6 Å². The Kier molecular flexibility index (Phi) is 5.80. The minimum Gasteiger partial charge on any atom is -0.383 e. The molecule has 1 aromatic rings. The number of aryl methyl sites for hydroxylation is 1. The number of fused-ring (bicyclic) bond motifs is 1. The Morgan fingerprint density at radius 2 is 2.17 bits per heavy atom. The second kappa shape index (κ2) is 8.04. The molecule has 128 valence electrons. The molecule has 6 heteroatoms. The average molecular weight is 319 g/mol. The van der Waals surface area contributed by atoms with E-state index in [4.69, 9.17) is 9.72 Å². The predicted molar refractivity (Wildman–Crippen MR) is 92.0 cm³/mol. The molecule has 1 atom stereocenters. The van der Waals surface area contributed by atoms with E-state index < -0.39 is 0 Å². The summed E-state index contributed by atoms with van der Waals surface area (Å²) in [6.07, 6.45) is 4.65. The number of rotatable bonds is 5. The molecule has 2 N–H and O–H groups in total. The Morgan fingerprint density at radius 1 is 1.30 bits per heavy atom. The first kappa shape index (κ1) is 16.6. The lowest BCUT2D eigenvalue weighted by Crippen LogP contribution is -2.46. The highest BCUT2D eigenvalue weighted by Gasteiger charge is 2.25. The van der Waals surface area contributed by atoms with Crippen LogP contribution in [0.2, 0.25) is 0 Å². The molecule has 0 amide bonds. The van der Waals surface area contributed by atoms with Crippen LogP contribution >= 0.6 is 0 Å². The van der Waals surface area contributed by atoms with Gasteiger partial charge in [0.25, 0.3) is 0 Å². The first-order chi connectivity index (χ1) is 11.3. The van der Waals surface area contributed by atoms with Crippen LogP contribution in [0, 0.1) is 6.92 Å². The van der Waals surface area contributed by atoms with Crippen molar-refractivity contribution in [2.75, 3.05) is 51.8 Å². The number of hydrogen-bond acceptors (Lipinski definition) is 6. The molecular weight excluding hydrogens is 290 g/mol. The minimum atomic E-state index is 0.678. The second-order valence-corrected chi connectivity index (χ2v) is 6.50. The molecule has 0 radical (unpaired) electrons. The summed E-state index contributed by atoms with van der Waals surface area (Å²) in [5, 5.41) is 6.96. The maximum atomic E-state index is 5.14. The van der Waals surface area contributed by atoms with Gasteiger partial charge in [0.15, 0.2) is 0 Å². The van der Waals surface area contributed by atoms with Crippen LogP contribution in [-0.2, 0) is 17.6 Å². The standard InChI is InChI=1S/C17H29N5O/c1-13-20-16-6-10-22(14-4-3-7-18-12-14)9-5-15(16)17(21-13)19-8-11-23-2/h14,18H,3-12H2,1-2H3,(H,19,20,21). The van der Waals surface area contributed by atoms with Gasteiger partial charge in [0.2, 0.25) is 0 Å². The molecule has 0 saturated carbocycles. The molecule has 0 bridgehead atoms. The van der Waals surface area contributed by atoms with E-state index in [-0.39, 0.29) is 0 Å². The van der Waals surface area contributed by atoms with E-state index in [1.54, 1.807) is 7.11 Å². The first-order valence-corrected chi connectivity index (χ1v) is 8.82. The van der Waals surface area contributed by atoms with Crippen LogP contribution in [0.1, 0.15) is 29.9 Å². The quantitative estimate of drug-likeness (QED) is 0.790. The fourth-order valence-corrected chi connectivity index (χ4v) is 3.67. The largest absolute Gasteiger partial charge is 0.383 e. The van der Waals surface area contributed by atoms with Crippen molar-refractivity contribution in [1.82, 2.24) is 20.2 Å². The Hall–Kier alpha value is -1.24. The van der Waals surface area contributed by atoms with Gasteiger partial charge in [0.05, 0.1) is 12.3 Å². The molecule has 2 aliphatic heterocycles. The van der Waals surface area contributed by atoms with Gasteiger partial charge in [-0.25, -0.2) is 9.97 Å². The van der Waals surface area contributed by atoms with Crippen molar-refractivity contribution in [3.63, 3.8) is 0 Å². The van der Waals surface area contributed by atoms with Crippen LogP contribution in [0.3, 0.4) is 0 Å². The third-order valence-corrected chi connectivity index (χ3v) is 4.88. The van der Waals surface area contributed by atoms with E-state index in [1.807, 2.05) is 6.92 Å². The smallest absolute Gasteiger partial charge is 0.133 e. The topological polar surface area (TPSA) is 62.3 Å². The lowest BCUT2D eigenvalue weighted by atomic mass is 10.1. The minimum absolute atomic E-state index is 0.678. The summed E-state index contributed by atoms with van der Waals surface area (Å²) in [5.74, 6) is 1.87. The highest BCUT2D eigenvalue weighted by Crippen LogP contribution is 2.23. The Bertz CT molecular complexity index is 516. The Labute approximate surface area is 139 Å². The fraction of sp³-hybridized carbons (Fsp3) is 0.765. The monoisotopic (exact) mass is 319 g/mol.